The number of allylic oxidation sites excluding steroid dienone is 1. The number of methoxy groups -OCH3 is 3. The van der Waals surface area contributed by atoms with E-state index in [1.807, 2.05) is 48.5 Å². The molecule has 0 radical (unpaired) electrons. The first-order chi connectivity index (χ1) is 16.0. The first-order valence-corrected chi connectivity index (χ1v) is 10.5. The van der Waals surface area contributed by atoms with E-state index in [4.69, 9.17) is 29.2 Å². The Kier molecular flexibility index (Phi) is 6.18. The van der Waals surface area contributed by atoms with Gasteiger partial charge in [-0.3, -0.25) is 0 Å². The second-order valence-corrected chi connectivity index (χ2v) is 7.64. The molecule has 0 N–H and O–H groups in total. The average Bonchev–Trinajstić information content (AvgIpc) is 3.23. The lowest BCUT2D eigenvalue weighted by molar-refractivity contribution is 0.0436. The molecule has 7 heteroatoms. The number of esters is 1. The SMILES string of the molecule is COc1cc(/C=C2\CCc3c2nc2ccccc2c3C(=O)OC(C)C#N)cc(OC)c1OC. The summed E-state index contributed by atoms with van der Waals surface area (Å²) in [7, 11) is 4.72. The number of pyridine rings is 1. The Hall–Kier alpha value is -4.05. The van der Waals surface area contributed by atoms with E-state index in [0.717, 1.165) is 27.8 Å². The predicted octanol–water partition coefficient (Wildman–Crippen LogP) is 4.82. The van der Waals surface area contributed by atoms with Crippen LogP contribution in [0.25, 0.3) is 22.6 Å². The summed E-state index contributed by atoms with van der Waals surface area (Å²) >= 11 is 0. The highest BCUT2D eigenvalue weighted by atomic mass is 16.5. The molecule has 1 aliphatic carbocycles. The van der Waals surface area contributed by atoms with Crippen LogP contribution in [0.1, 0.15) is 40.5 Å². The van der Waals surface area contributed by atoms with Crippen molar-refractivity contribution in [3.63, 3.8) is 0 Å². The molecule has 1 unspecified atom stereocenters. The van der Waals surface area contributed by atoms with E-state index < -0.39 is 12.1 Å². The molecule has 0 amide bonds. The Labute approximate surface area is 192 Å². The highest BCUT2D eigenvalue weighted by molar-refractivity contribution is 6.07. The summed E-state index contributed by atoms with van der Waals surface area (Å²) in [5.74, 6) is 1.13. The number of hydrogen-bond acceptors (Lipinski definition) is 7. The van der Waals surface area contributed by atoms with Crippen LogP contribution in [0.3, 0.4) is 0 Å². The number of fused-ring (bicyclic) bond motifs is 2. The van der Waals surface area contributed by atoms with Crippen LogP contribution in [0.5, 0.6) is 17.2 Å². The van der Waals surface area contributed by atoms with Crippen LogP contribution in [-0.4, -0.2) is 38.4 Å². The standard InChI is InChI=1S/C26H24N2O5/c1-15(14-27)33-26(29)23-18-7-5-6-8-20(18)28-24-17(9-10-19(23)24)11-16-12-21(30-2)25(32-4)22(13-16)31-3/h5-8,11-13,15H,9-10H2,1-4H3/b17-11+. The van der Waals surface area contributed by atoms with Gasteiger partial charge in [0.05, 0.1) is 38.1 Å². The van der Waals surface area contributed by atoms with Gasteiger partial charge in [-0.1, -0.05) is 18.2 Å². The molecule has 0 bridgehead atoms. The smallest absolute Gasteiger partial charge is 0.340 e. The molecule has 1 heterocycles. The van der Waals surface area contributed by atoms with Gasteiger partial charge in [0.1, 0.15) is 6.07 Å². The Morgan fingerprint density at radius 1 is 1.09 bits per heavy atom. The molecule has 0 saturated carbocycles. The molecule has 2 aromatic carbocycles. The van der Waals surface area contributed by atoms with Crippen molar-refractivity contribution in [3.8, 4) is 23.3 Å². The summed E-state index contributed by atoms with van der Waals surface area (Å²) < 4.78 is 21.7. The molecule has 3 aromatic rings. The second-order valence-electron chi connectivity index (χ2n) is 7.64. The average molecular weight is 444 g/mol. The first kappa shape index (κ1) is 22.2. The highest BCUT2D eigenvalue weighted by Gasteiger charge is 2.28. The largest absolute Gasteiger partial charge is 0.493 e. The van der Waals surface area contributed by atoms with Crippen molar-refractivity contribution in [1.82, 2.24) is 4.98 Å². The topological polar surface area (TPSA) is 90.7 Å². The molecule has 7 nitrogen and oxygen atoms in total. The number of benzene rings is 2. The number of para-hydroxylation sites is 1. The van der Waals surface area contributed by atoms with Crippen LogP contribution in [0.15, 0.2) is 36.4 Å². The maximum absolute atomic E-state index is 13.0. The van der Waals surface area contributed by atoms with Crippen molar-refractivity contribution in [3.05, 3.63) is 58.8 Å². The Morgan fingerprint density at radius 3 is 2.42 bits per heavy atom. The van der Waals surface area contributed by atoms with E-state index in [9.17, 15) is 4.79 Å². The maximum atomic E-state index is 13.0. The maximum Gasteiger partial charge on any atom is 0.340 e. The monoisotopic (exact) mass is 444 g/mol. The molecule has 168 valence electrons. The summed E-state index contributed by atoms with van der Waals surface area (Å²) in [6, 6.07) is 13.2. The fourth-order valence-corrected chi connectivity index (χ4v) is 4.14. The quantitative estimate of drug-likeness (QED) is 0.504. The number of nitriles is 1. The van der Waals surface area contributed by atoms with E-state index in [-0.39, 0.29) is 0 Å². The number of rotatable bonds is 6. The van der Waals surface area contributed by atoms with Crippen molar-refractivity contribution in [2.24, 2.45) is 0 Å². The molecule has 0 spiro atoms. The van der Waals surface area contributed by atoms with Crippen LogP contribution >= 0.6 is 0 Å². The van der Waals surface area contributed by atoms with Crippen LogP contribution in [0.2, 0.25) is 0 Å². The molecular weight excluding hydrogens is 420 g/mol. The lowest BCUT2D eigenvalue weighted by Crippen LogP contribution is -2.16. The van der Waals surface area contributed by atoms with Gasteiger partial charge >= 0.3 is 5.97 Å². The molecule has 1 aromatic heterocycles. The minimum absolute atomic E-state index is 0.478. The van der Waals surface area contributed by atoms with Crippen LogP contribution < -0.4 is 14.2 Å². The van der Waals surface area contributed by atoms with Gasteiger partial charge in [0.2, 0.25) is 5.75 Å². The predicted molar refractivity (Wildman–Crippen MR) is 125 cm³/mol. The van der Waals surface area contributed by atoms with Gasteiger partial charge in [-0.05, 0) is 60.7 Å². The number of hydrogen-bond donors (Lipinski definition) is 0. The van der Waals surface area contributed by atoms with E-state index >= 15 is 0 Å². The van der Waals surface area contributed by atoms with Crippen molar-refractivity contribution >= 4 is 28.5 Å². The van der Waals surface area contributed by atoms with Gasteiger partial charge in [-0.2, -0.15) is 5.26 Å². The van der Waals surface area contributed by atoms with Crippen molar-refractivity contribution in [2.75, 3.05) is 21.3 Å². The Bertz CT molecular complexity index is 1280. The zero-order valence-electron chi connectivity index (χ0n) is 19.0. The third-order valence-corrected chi connectivity index (χ3v) is 5.64. The minimum atomic E-state index is -0.837. The first-order valence-electron chi connectivity index (χ1n) is 10.5. The molecule has 0 aliphatic heterocycles. The number of carbonyl (C=O) groups is 1. The summed E-state index contributed by atoms with van der Waals surface area (Å²) in [4.78, 5) is 17.9. The normalized spacial score (nSPS) is 14.5. The molecule has 1 atom stereocenters. The minimum Gasteiger partial charge on any atom is -0.493 e. The van der Waals surface area contributed by atoms with E-state index in [1.54, 1.807) is 28.3 Å². The third kappa shape index (κ3) is 4.08. The number of ether oxygens (including phenoxy) is 4. The molecule has 1 aliphatic rings. The third-order valence-electron chi connectivity index (χ3n) is 5.64. The van der Waals surface area contributed by atoms with Crippen molar-refractivity contribution in [1.29, 1.82) is 5.26 Å². The van der Waals surface area contributed by atoms with Crippen LogP contribution in [-0.2, 0) is 11.2 Å². The molecule has 0 fully saturated rings. The van der Waals surface area contributed by atoms with Gasteiger partial charge in [0, 0.05) is 5.39 Å². The van der Waals surface area contributed by atoms with Gasteiger partial charge in [0.25, 0.3) is 0 Å². The second kappa shape index (κ2) is 9.21. The molecular formula is C26H24N2O5. The number of nitrogens with zero attached hydrogens (tertiary/aromatic N) is 2. The summed E-state index contributed by atoms with van der Waals surface area (Å²) in [6.45, 7) is 1.55. The van der Waals surface area contributed by atoms with Crippen molar-refractivity contribution < 1.29 is 23.7 Å². The lowest BCUT2D eigenvalue weighted by atomic mass is 10.0. The molecule has 4 rings (SSSR count). The Morgan fingerprint density at radius 2 is 1.79 bits per heavy atom. The summed E-state index contributed by atoms with van der Waals surface area (Å²) in [5.41, 5.74) is 4.63. The van der Waals surface area contributed by atoms with Gasteiger partial charge in [0.15, 0.2) is 17.6 Å². The zero-order valence-corrected chi connectivity index (χ0v) is 19.0. The molecule has 0 saturated heterocycles. The van der Waals surface area contributed by atoms with Crippen molar-refractivity contribution in [2.45, 2.75) is 25.9 Å². The fourth-order valence-electron chi connectivity index (χ4n) is 4.14. The lowest BCUT2D eigenvalue weighted by Gasteiger charge is -2.14. The summed E-state index contributed by atoms with van der Waals surface area (Å²) in [5, 5.41) is 9.81. The zero-order chi connectivity index (χ0) is 23.5. The van der Waals surface area contributed by atoms with E-state index in [1.165, 1.54) is 0 Å². The van der Waals surface area contributed by atoms with E-state index in [0.29, 0.717) is 41.2 Å². The molecule has 33 heavy (non-hydrogen) atoms. The van der Waals surface area contributed by atoms with Gasteiger partial charge in [-0.15, -0.1) is 0 Å². The fraction of sp³-hybridized carbons (Fsp3) is 0.269. The van der Waals surface area contributed by atoms with Crippen LogP contribution in [0.4, 0.5) is 0 Å². The number of aromatic nitrogens is 1. The van der Waals surface area contributed by atoms with Gasteiger partial charge < -0.3 is 18.9 Å². The highest BCUT2D eigenvalue weighted by Crippen LogP contribution is 2.41. The van der Waals surface area contributed by atoms with E-state index in [2.05, 4.69) is 0 Å². The summed E-state index contributed by atoms with van der Waals surface area (Å²) in [6.07, 6.45) is 2.54. The van der Waals surface area contributed by atoms with Gasteiger partial charge in [-0.25, -0.2) is 9.78 Å². The van der Waals surface area contributed by atoms with Crippen LogP contribution in [0, 0.1) is 11.3 Å². The Balaban J connectivity index is 1.86. The number of carbonyl (C=O) groups excluding carboxylic acids is 1.